The fourth-order valence-electron chi connectivity index (χ4n) is 2.50. The first-order chi connectivity index (χ1) is 11.1. The SMILES string of the molecule is COc1ccccc1CNC(=O)CSC(=S)N1CCC(C)CC1. The third kappa shape index (κ3) is 5.70. The van der Waals surface area contributed by atoms with Crippen LogP contribution in [-0.4, -0.2) is 41.1 Å². The van der Waals surface area contributed by atoms with E-state index in [0.29, 0.717) is 12.3 Å². The van der Waals surface area contributed by atoms with Crippen LogP contribution in [0.3, 0.4) is 0 Å². The quantitative estimate of drug-likeness (QED) is 0.825. The lowest BCUT2D eigenvalue weighted by molar-refractivity contribution is -0.118. The maximum atomic E-state index is 12.0. The molecule has 1 N–H and O–H groups in total. The van der Waals surface area contributed by atoms with E-state index in [1.165, 1.54) is 24.6 Å². The molecular formula is C17H24N2O2S2. The van der Waals surface area contributed by atoms with E-state index in [9.17, 15) is 4.79 Å². The summed E-state index contributed by atoms with van der Waals surface area (Å²) in [7, 11) is 1.63. The smallest absolute Gasteiger partial charge is 0.230 e. The van der Waals surface area contributed by atoms with E-state index in [-0.39, 0.29) is 5.91 Å². The Kier molecular flexibility index (Phi) is 7.17. The molecule has 23 heavy (non-hydrogen) atoms. The van der Waals surface area contributed by atoms with Gasteiger partial charge < -0.3 is 15.0 Å². The summed E-state index contributed by atoms with van der Waals surface area (Å²) in [5.41, 5.74) is 0.973. The highest BCUT2D eigenvalue weighted by atomic mass is 32.2. The minimum Gasteiger partial charge on any atom is -0.496 e. The maximum absolute atomic E-state index is 12.0. The number of amides is 1. The average molecular weight is 353 g/mol. The first-order valence-corrected chi connectivity index (χ1v) is 9.30. The standard InChI is InChI=1S/C17H24N2O2S2/c1-13-7-9-19(10-8-13)17(22)23-12-16(20)18-11-14-5-3-4-6-15(14)21-2/h3-6,13H,7-12H2,1-2H3,(H,18,20). The van der Waals surface area contributed by atoms with Crippen LogP contribution in [0.25, 0.3) is 0 Å². The number of carbonyl (C=O) groups excluding carboxylic acids is 1. The number of nitrogens with one attached hydrogen (secondary N) is 1. The molecule has 1 aromatic rings. The van der Waals surface area contributed by atoms with E-state index >= 15 is 0 Å². The van der Waals surface area contributed by atoms with Gasteiger partial charge >= 0.3 is 0 Å². The largest absolute Gasteiger partial charge is 0.496 e. The molecule has 0 radical (unpaired) electrons. The van der Waals surface area contributed by atoms with E-state index in [0.717, 1.165) is 34.6 Å². The molecule has 1 fully saturated rings. The summed E-state index contributed by atoms with van der Waals surface area (Å²) in [5, 5.41) is 2.92. The van der Waals surface area contributed by atoms with Gasteiger partial charge in [-0.15, -0.1) is 0 Å². The van der Waals surface area contributed by atoms with Crippen LogP contribution in [0.2, 0.25) is 0 Å². The molecule has 1 heterocycles. The van der Waals surface area contributed by atoms with Crippen LogP contribution in [0.5, 0.6) is 5.75 Å². The Hall–Kier alpha value is -1.27. The van der Waals surface area contributed by atoms with Crippen LogP contribution in [0.15, 0.2) is 24.3 Å². The fraction of sp³-hybridized carbons (Fsp3) is 0.529. The van der Waals surface area contributed by atoms with Crippen LogP contribution in [0.4, 0.5) is 0 Å². The number of para-hydroxylation sites is 1. The van der Waals surface area contributed by atoms with Crippen molar-refractivity contribution in [1.29, 1.82) is 0 Å². The number of hydrogen-bond acceptors (Lipinski definition) is 4. The van der Waals surface area contributed by atoms with E-state index in [4.69, 9.17) is 17.0 Å². The first-order valence-electron chi connectivity index (χ1n) is 7.90. The summed E-state index contributed by atoms with van der Waals surface area (Å²) in [4.78, 5) is 14.2. The monoisotopic (exact) mass is 352 g/mol. The molecule has 0 saturated carbocycles. The highest BCUT2D eigenvalue weighted by Gasteiger charge is 2.18. The number of ether oxygens (including phenoxy) is 1. The molecular weight excluding hydrogens is 328 g/mol. The van der Waals surface area contributed by atoms with Crippen molar-refractivity contribution >= 4 is 34.2 Å². The Morgan fingerprint density at radius 2 is 2.09 bits per heavy atom. The molecule has 1 saturated heterocycles. The molecule has 0 atom stereocenters. The number of hydrogen-bond donors (Lipinski definition) is 1. The zero-order valence-corrected chi connectivity index (χ0v) is 15.3. The lowest BCUT2D eigenvalue weighted by Crippen LogP contribution is -2.36. The van der Waals surface area contributed by atoms with Gasteiger partial charge in [-0.3, -0.25) is 4.79 Å². The van der Waals surface area contributed by atoms with E-state index in [1.54, 1.807) is 7.11 Å². The number of thioether (sulfide) groups is 1. The number of methoxy groups -OCH3 is 1. The molecule has 4 nitrogen and oxygen atoms in total. The third-order valence-electron chi connectivity index (χ3n) is 4.04. The van der Waals surface area contributed by atoms with Crippen molar-refractivity contribution in [2.75, 3.05) is 26.0 Å². The zero-order chi connectivity index (χ0) is 16.7. The van der Waals surface area contributed by atoms with Crippen molar-refractivity contribution < 1.29 is 9.53 Å². The van der Waals surface area contributed by atoms with Crippen LogP contribution in [-0.2, 0) is 11.3 Å². The molecule has 0 unspecified atom stereocenters. The van der Waals surface area contributed by atoms with Gasteiger partial charge in [-0.05, 0) is 24.8 Å². The number of likely N-dealkylation sites (tertiary alicyclic amines) is 1. The lowest BCUT2D eigenvalue weighted by Gasteiger charge is -2.31. The minimum atomic E-state index is -0.00589. The van der Waals surface area contributed by atoms with Crippen LogP contribution >= 0.6 is 24.0 Å². The van der Waals surface area contributed by atoms with Gasteiger partial charge in [0.1, 0.15) is 10.1 Å². The highest BCUT2D eigenvalue weighted by molar-refractivity contribution is 8.23. The summed E-state index contributed by atoms with van der Waals surface area (Å²) >= 11 is 6.89. The number of piperidine rings is 1. The lowest BCUT2D eigenvalue weighted by atomic mass is 10.00. The minimum absolute atomic E-state index is 0.00589. The van der Waals surface area contributed by atoms with E-state index in [2.05, 4.69) is 17.1 Å². The number of rotatable bonds is 5. The zero-order valence-electron chi connectivity index (χ0n) is 13.7. The summed E-state index contributed by atoms with van der Waals surface area (Å²) < 4.78 is 6.12. The normalized spacial score (nSPS) is 15.3. The molecule has 126 valence electrons. The Morgan fingerprint density at radius 1 is 1.39 bits per heavy atom. The van der Waals surface area contributed by atoms with Crippen molar-refractivity contribution in [3.63, 3.8) is 0 Å². The second-order valence-electron chi connectivity index (χ2n) is 5.81. The third-order valence-corrected chi connectivity index (χ3v) is 5.56. The summed E-state index contributed by atoms with van der Waals surface area (Å²) in [6.07, 6.45) is 2.36. The molecule has 1 amide bonds. The molecule has 0 spiro atoms. The number of benzene rings is 1. The summed E-state index contributed by atoms with van der Waals surface area (Å²) in [6, 6.07) is 7.69. The molecule has 0 bridgehead atoms. The van der Waals surface area contributed by atoms with Gasteiger partial charge in [-0.25, -0.2) is 0 Å². The van der Waals surface area contributed by atoms with E-state index in [1.807, 2.05) is 24.3 Å². The van der Waals surface area contributed by atoms with Gasteiger partial charge in [0, 0.05) is 25.2 Å². The number of thiocarbonyl (C=S) groups is 1. The molecule has 6 heteroatoms. The van der Waals surface area contributed by atoms with Gasteiger partial charge in [0.2, 0.25) is 5.91 Å². The summed E-state index contributed by atoms with van der Waals surface area (Å²) in [6.45, 7) is 4.77. The predicted molar refractivity (Wildman–Crippen MR) is 99.9 cm³/mol. The van der Waals surface area contributed by atoms with Crippen molar-refractivity contribution in [3.05, 3.63) is 29.8 Å². The Labute approximate surface area is 148 Å². The number of nitrogens with zero attached hydrogens (tertiary/aromatic N) is 1. The molecule has 0 aromatic heterocycles. The highest BCUT2D eigenvalue weighted by Crippen LogP contribution is 2.20. The van der Waals surface area contributed by atoms with Crippen molar-refractivity contribution in [3.8, 4) is 5.75 Å². The average Bonchev–Trinajstić information content (AvgIpc) is 2.58. The van der Waals surface area contributed by atoms with Crippen LogP contribution < -0.4 is 10.1 Å². The number of carbonyl (C=O) groups is 1. The van der Waals surface area contributed by atoms with E-state index < -0.39 is 0 Å². The second-order valence-corrected chi connectivity index (χ2v) is 7.42. The molecule has 0 aliphatic carbocycles. The van der Waals surface area contributed by atoms with Gasteiger partial charge in [0.25, 0.3) is 0 Å². The van der Waals surface area contributed by atoms with Crippen molar-refractivity contribution in [2.45, 2.75) is 26.3 Å². The molecule has 2 rings (SSSR count). The first kappa shape index (κ1) is 18.1. The van der Waals surface area contributed by atoms with Crippen molar-refractivity contribution in [1.82, 2.24) is 10.2 Å². The molecule has 1 aromatic carbocycles. The Bertz CT molecular complexity index is 543. The van der Waals surface area contributed by atoms with Crippen molar-refractivity contribution in [2.24, 2.45) is 5.92 Å². The molecule has 1 aliphatic heterocycles. The Morgan fingerprint density at radius 3 is 2.78 bits per heavy atom. The predicted octanol–water partition coefficient (Wildman–Crippen LogP) is 3.06. The van der Waals surface area contributed by atoms with Gasteiger partial charge in [0.05, 0.1) is 12.9 Å². The van der Waals surface area contributed by atoms with Gasteiger partial charge in [-0.2, -0.15) is 0 Å². The fourth-order valence-corrected chi connectivity index (χ4v) is 3.58. The maximum Gasteiger partial charge on any atom is 0.230 e. The Balaban J connectivity index is 1.71. The molecule has 1 aliphatic rings. The summed E-state index contributed by atoms with van der Waals surface area (Å²) in [5.74, 6) is 1.93. The van der Waals surface area contributed by atoms with Crippen LogP contribution in [0, 0.1) is 5.92 Å². The van der Waals surface area contributed by atoms with Gasteiger partial charge in [-0.1, -0.05) is 49.1 Å². The second kappa shape index (κ2) is 9.13. The van der Waals surface area contributed by atoms with Gasteiger partial charge in [0.15, 0.2) is 0 Å². The topological polar surface area (TPSA) is 41.6 Å². The van der Waals surface area contributed by atoms with Crippen LogP contribution in [0.1, 0.15) is 25.3 Å².